The summed E-state index contributed by atoms with van der Waals surface area (Å²) >= 11 is 0. The lowest BCUT2D eigenvalue weighted by Crippen LogP contribution is -2.52. The smallest absolute Gasteiger partial charge is 0.255 e. The number of anilines is 1. The molecular formula is C16H17N3O5. The molecule has 2 atom stereocenters. The van der Waals surface area contributed by atoms with Gasteiger partial charge in [0.05, 0.1) is 25.4 Å². The number of ether oxygens (including phenoxy) is 1. The van der Waals surface area contributed by atoms with Gasteiger partial charge in [0, 0.05) is 17.5 Å². The Kier molecular flexibility index (Phi) is 3.42. The number of nitrogens with one attached hydrogen (secondary N) is 2. The molecule has 0 saturated carbocycles. The molecule has 0 radical (unpaired) electrons. The van der Waals surface area contributed by atoms with Gasteiger partial charge in [0.15, 0.2) is 0 Å². The van der Waals surface area contributed by atoms with Crippen molar-refractivity contribution in [3.8, 4) is 5.75 Å². The van der Waals surface area contributed by atoms with Gasteiger partial charge < -0.3 is 20.1 Å². The molecule has 1 aromatic carbocycles. The predicted molar refractivity (Wildman–Crippen MR) is 82.5 cm³/mol. The minimum atomic E-state index is -0.650. The van der Waals surface area contributed by atoms with Crippen molar-refractivity contribution in [1.29, 1.82) is 0 Å². The zero-order chi connectivity index (χ0) is 16.8. The Labute approximate surface area is 137 Å². The second-order valence-electron chi connectivity index (χ2n) is 6.17. The van der Waals surface area contributed by atoms with Gasteiger partial charge in [-0.1, -0.05) is 0 Å². The first-order chi connectivity index (χ1) is 11.6. The van der Waals surface area contributed by atoms with Crippen LogP contribution >= 0.6 is 0 Å². The van der Waals surface area contributed by atoms with E-state index >= 15 is 0 Å². The maximum atomic E-state index is 12.7. The molecule has 3 aliphatic rings. The molecule has 3 heterocycles. The van der Waals surface area contributed by atoms with E-state index in [1.807, 2.05) is 0 Å². The molecule has 3 aliphatic heterocycles. The molecule has 4 rings (SSSR count). The number of imide groups is 1. The van der Waals surface area contributed by atoms with Crippen molar-refractivity contribution in [3.05, 3.63) is 23.3 Å². The lowest BCUT2D eigenvalue weighted by atomic mass is 10.0. The predicted octanol–water partition coefficient (Wildman–Crippen LogP) is -0.387. The minimum absolute atomic E-state index is 0.124. The number of benzene rings is 1. The van der Waals surface area contributed by atoms with Crippen LogP contribution < -0.4 is 15.4 Å². The molecular weight excluding hydrogens is 314 g/mol. The van der Waals surface area contributed by atoms with Gasteiger partial charge in [-0.25, -0.2) is 0 Å². The van der Waals surface area contributed by atoms with E-state index in [1.165, 1.54) is 4.90 Å². The van der Waals surface area contributed by atoms with E-state index in [0.29, 0.717) is 29.8 Å². The van der Waals surface area contributed by atoms with Crippen LogP contribution in [0.3, 0.4) is 0 Å². The average molecular weight is 331 g/mol. The summed E-state index contributed by atoms with van der Waals surface area (Å²) in [7, 11) is 0. The summed E-state index contributed by atoms with van der Waals surface area (Å²) < 4.78 is 5.81. The Morgan fingerprint density at radius 3 is 2.88 bits per heavy atom. The molecule has 1 aromatic rings. The second kappa shape index (κ2) is 5.48. The van der Waals surface area contributed by atoms with Crippen LogP contribution in [0.1, 0.15) is 28.8 Å². The van der Waals surface area contributed by atoms with Crippen LogP contribution in [-0.4, -0.2) is 53.0 Å². The van der Waals surface area contributed by atoms with Gasteiger partial charge in [-0.05, 0) is 18.6 Å². The fourth-order valence-electron chi connectivity index (χ4n) is 3.42. The number of aliphatic hydroxyl groups is 1. The summed E-state index contributed by atoms with van der Waals surface area (Å²) in [6, 6.07) is 2.84. The number of carbonyl (C=O) groups excluding carboxylic acids is 3. The number of piperidine rings is 1. The monoisotopic (exact) mass is 331 g/mol. The number of rotatable bonds is 2. The van der Waals surface area contributed by atoms with Gasteiger partial charge in [0.1, 0.15) is 17.9 Å². The van der Waals surface area contributed by atoms with E-state index in [1.54, 1.807) is 12.1 Å². The van der Waals surface area contributed by atoms with Crippen molar-refractivity contribution < 1.29 is 24.2 Å². The first kappa shape index (κ1) is 14.9. The molecule has 24 heavy (non-hydrogen) atoms. The molecule has 8 heteroatoms. The van der Waals surface area contributed by atoms with E-state index in [-0.39, 0.29) is 37.5 Å². The zero-order valence-electron chi connectivity index (χ0n) is 12.9. The van der Waals surface area contributed by atoms with E-state index < -0.39 is 11.9 Å². The van der Waals surface area contributed by atoms with Gasteiger partial charge in [0.25, 0.3) is 5.91 Å². The second-order valence-corrected chi connectivity index (χ2v) is 6.17. The maximum Gasteiger partial charge on any atom is 0.255 e. The molecule has 1 fully saturated rings. The zero-order valence-corrected chi connectivity index (χ0v) is 12.9. The first-order valence-corrected chi connectivity index (χ1v) is 7.90. The molecule has 2 unspecified atom stereocenters. The van der Waals surface area contributed by atoms with E-state index in [4.69, 9.17) is 4.74 Å². The largest absolute Gasteiger partial charge is 0.484 e. The van der Waals surface area contributed by atoms with Crippen molar-refractivity contribution in [2.45, 2.75) is 31.5 Å². The number of nitrogens with zero attached hydrogens (tertiary/aromatic N) is 1. The van der Waals surface area contributed by atoms with Crippen molar-refractivity contribution in [1.82, 2.24) is 10.2 Å². The van der Waals surface area contributed by atoms with Crippen LogP contribution in [0.4, 0.5) is 5.69 Å². The highest BCUT2D eigenvalue weighted by Gasteiger charge is 2.41. The summed E-state index contributed by atoms with van der Waals surface area (Å²) in [6.45, 7) is 0.622. The number of amides is 3. The van der Waals surface area contributed by atoms with Crippen LogP contribution in [0.25, 0.3) is 0 Å². The fraction of sp³-hybridized carbons (Fsp3) is 0.438. The van der Waals surface area contributed by atoms with E-state index in [2.05, 4.69) is 10.6 Å². The molecule has 3 amide bonds. The van der Waals surface area contributed by atoms with Gasteiger partial charge >= 0.3 is 0 Å². The Hall–Kier alpha value is -2.61. The van der Waals surface area contributed by atoms with Crippen LogP contribution in [0, 0.1) is 0 Å². The quantitative estimate of drug-likeness (QED) is 0.637. The molecule has 1 saturated heterocycles. The van der Waals surface area contributed by atoms with Crippen molar-refractivity contribution in [2.75, 3.05) is 18.5 Å². The summed E-state index contributed by atoms with van der Waals surface area (Å²) in [5.41, 5.74) is 1.99. The van der Waals surface area contributed by atoms with Crippen molar-refractivity contribution in [2.24, 2.45) is 0 Å². The minimum Gasteiger partial charge on any atom is -0.484 e. The molecule has 0 aromatic heterocycles. The van der Waals surface area contributed by atoms with Crippen molar-refractivity contribution >= 4 is 23.4 Å². The van der Waals surface area contributed by atoms with E-state index in [0.717, 1.165) is 5.69 Å². The summed E-state index contributed by atoms with van der Waals surface area (Å²) in [6.07, 6.45) is 0.174. The fourth-order valence-corrected chi connectivity index (χ4v) is 3.42. The number of aliphatic hydroxyl groups excluding tert-OH is 1. The van der Waals surface area contributed by atoms with Gasteiger partial charge in [-0.2, -0.15) is 0 Å². The average Bonchev–Trinajstić information content (AvgIpc) is 2.91. The van der Waals surface area contributed by atoms with Crippen LogP contribution in [0.15, 0.2) is 12.1 Å². The third-order valence-electron chi connectivity index (χ3n) is 4.67. The number of hydrogen-bond donors (Lipinski definition) is 3. The van der Waals surface area contributed by atoms with Crippen LogP contribution in [0.2, 0.25) is 0 Å². The lowest BCUT2D eigenvalue weighted by molar-refractivity contribution is -0.136. The SMILES string of the molecule is O=C1CCC(N2Cc3c(ccc4c3OC(CO)CN4)C2=O)C(=O)N1. The van der Waals surface area contributed by atoms with E-state index in [9.17, 15) is 19.5 Å². The summed E-state index contributed by atoms with van der Waals surface area (Å²) in [5.74, 6) is -0.428. The topological polar surface area (TPSA) is 108 Å². The molecule has 0 aliphatic carbocycles. The van der Waals surface area contributed by atoms with Crippen LogP contribution in [-0.2, 0) is 16.1 Å². The number of fused-ring (bicyclic) bond motifs is 3. The molecule has 3 N–H and O–H groups in total. The standard InChI is InChI=1S/C16H17N3O5/c20-7-8-5-17-11-2-1-9-10(14(11)24-8)6-19(16(9)23)12-3-4-13(21)18-15(12)22/h1-2,8,12,17,20H,3-7H2,(H,18,21,22). The normalized spacial score (nSPS) is 25.5. The Balaban J connectivity index is 1.65. The molecule has 126 valence electrons. The summed E-state index contributed by atoms with van der Waals surface area (Å²) in [5, 5.41) is 14.8. The van der Waals surface area contributed by atoms with Crippen LogP contribution in [0.5, 0.6) is 5.75 Å². The third kappa shape index (κ3) is 2.22. The third-order valence-corrected chi connectivity index (χ3v) is 4.67. The Bertz CT molecular complexity index is 747. The lowest BCUT2D eigenvalue weighted by Gasteiger charge is -2.30. The Morgan fingerprint density at radius 2 is 2.12 bits per heavy atom. The molecule has 0 bridgehead atoms. The number of carbonyl (C=O) groups is 3. The maximum absolute atomic E-state index is 12.7. The first-order valence-electron chi connectivity index (χ1n) is 7.90. The Morgan fingerprint density at radius 1 is 1.29 bits per heavy atom. The van der Waals surface area contributed by atoms with Gasteiger partial charge in [-0.15, -0.1) is 0 Å². The highest BCUT2D eigenvalue weighted by molar-refractivity contribution is 6.06. The molecule has 8 nitrogen and oxygen atoms in total. The molecule has 0 spiro atoms. The highest BCUT2D eigenvalue weighted by Crippen LogP contribution is 2.40. The van der Waals surface area contributed by atoms with Gasteiger partial charge in [0.2, 0.25) is 11.8 Å². The highest BCUT2D eigenvalue weighted by atomic mass is 16.5. The van der Waals surface area contributed by atoms with Gasteiger partial charge in [-0.3, -0.25) is 19.7 Å². The van der Waals surface area contributed by atoms with Crippen molar-refractivity contribution in [3.63, 3.8) is 0 Å². The summed E-state index contributed by atoms with van der Waals surface area (Å²) in [4.78, 5) is 37.6. The number of hydrogen-bond acceptors (Lipinski definition) is 6.